The molecule has 1 saturated carbocycles. The van der Waals surface area contributed by atoms with E-state index in [1.165, 1.54) is 4.68 Å². The fraction of sp³-hybridized carbons (Fsp3) is 0.727. The van der Waals surface area contributed by atoms with Gasteiger partial charge in [0.2, 0.25) is 0 Å². The molecule has 1 N–H and O–H groups in total. The number of hydrogen-bond acceptors (Lipinski definition) is 2. The van der Waals surface area contributed by atoms with Gasteiger partial charge in [-0.1, -0.05) is 6.92 Å². The molecule has 17 heavy (non-hydrogen) atoms. The summed E-state index contributed by atoms with van der Waals surface area (Å²) in [4.78, 5) is 0. The largest absolute Gasteiger partial charge is 0.419 e. The van der Waals surface area contributed by atoms with Gasteiger partial charge in [0, 0.05) is 6.20 Å². The monoisotopic (exact) mass is 248 g/mol. The van der Waals surface area contributed by atoms with Crippen LogP contribution < -0.4 is 0 Å². The van der Waals surface area contributed by atoms with Gasteiger partial charge in [-0.15, -0.1) is 0 Å². The van der Waals surface area contributed by atoms with Crippen molar-refractivity contribution in [1.29, 1.82) is 0 Å². The molecular weight excluding hydrogens is 233 g/mol. The van der Waals surface area contributed by atoms with E-state index in [0.717, 1.165) is 18.8 Å². The maximum atomic E-state index is 12.4. The summed E-state index contributed by atoms with van der Waals surface area (Å²) >= 11 is 0. The predicted molar refractivity (Wildman–Crippen MR) is 55.3 cm³/mol. The second kappa shape index (κ2) is 4.33. The highest BCUT2D eigenvalue weighted by Crippen LogP contribution is 2.34. The summed E-state index contributed by atoms with van der Waals surface area (Å²) in [6.45, 7) is 2.03. The maximum Gasteiger partial charge on any atom is 0.419 e. The molecule has 1 heterocycles. The Kier molecular flexibility index (Phi) is 3.16. The average molecular weight is 248 g/mol. The van der Waals surface area contributed by atoms with E-state index >= 15 is 0 Å². The zero-order chi connectivity index (χ0) is 12.6. The van der Waals surface area contributed by atoms with Gasteiger partial charge >= 0.3 is 6.18 Å². The van der Waals surface area contributed by atoms with Crippen molar-refractivity contribution >= 4 is 0 Å². The molecule has 1 aromatic rings. The van der Waals surface area contributed by atoms with Crippen molar-refractivity contribution in [3.05, 3.63) is 18.0 Å². The van der Waals surface area contributed by atoms with Gasteiger partial charge < -0.3 is 5.11 Å². The Labute approximate surface area is 97.2 Å². The molecule has 96 valence electrons. The van der Waals surface area contributed by atoms with E-state index in [1.807, 2.05) is 6.92 Å². The van der Waals surface area contributed by atoms with Crippen molar-refractivity contribution in [2.24, 2.45) is 5.92 Å². The van der Waals surface area contributed by atoms with Gasteiger partial charge in [0.25, 0.3) is 0 Å². The number of rotatable bonds is 1. The first-order chi connectivity index (χ1) is 7.88. The van der Waals surface area contributed by atoms with E-state index in [1.54, 1.807) is 0 Å². The van der Waals surface area contributed by atoms with E-state index < -0.39 is 17.8 Å². The molecule has 1 aromatic heterocycles. The molecule has 0 saturated heterocycles. The van der Waals surface area contributed by atoms with E-state index in [2.05, 4.69) is 5.10 Å². The molecule has 1 fully saturated rings. The molecule has 0 amide bonds. The third kappa shape index (κ3) is 2.62. The van der Waals surface area contributed by atoms with Crippen LogP contribution in [0.4, 0.5) is 13.2 Å². The molecule has 3 unspecified atom stereocenters. The summed E-state index contributed by atoms with van der Waals surface area (Å²) in [6.07, 6.45) is -0.994. The van der Waals surface area contributed by atoms with Crippen LogP contribution >= 0.6 is 0 Å². The van der Waals surface area contributed by atoms with Gasteiger partial charge in [-0.2, -0.15) is 18.3 Å². The molecule has 6 heteroatoms. The van der Waals surface area contributed by atoms with Crippen LogP contribution in [0.1, 0.15) is 37.8 Å². The standard InChI is InChI=1S/C11H15F3N2O/c1-7-2-3-10(17)9(4-7)16-6-8(5-15-16)11(12,13)14/h5-7,9-10,17H,2-4H2,1H3. The van der Waals surface area contributed by atoms with Crippen LogP contribution in [0.15, 0.2) is 12.4 Å². The van der Waals surface area contributed by atoms with Gasteiger partial charge in [0.15, 0.2) is 0 Å². The number of aromatic nitrogens is 2. The summed E-state index contributed by atoms with van der Waals surface area (Å²) in [5.74, 6) is 0.405. The van der Waals surface area contributed by atoms with Crippen molar-refractivity contribution in [3.63, 3.8) is 0 Å². The zero-order valence-corrected chi connectivity index (χ0v) is 9.48. The van der Waals surface area contributed by atoms with Crippen molar-refractivity contribution in [3.8, 4) is 0 Å². The number of nitrogens with zero attached hydrogens (tertiary/aromatic N) is 2. The number of aliphatic hydroxyl groups excluding tert-OH is 1. The van der Waals surface area contributed by atoms with E-state index in [-0.39, 0.29) is 6.04 Å². The summed E-state index contributed by atoms with van der Waals surface area (Å²) in [5.41, 5.74) is -0.761. The Morgan fingerprint density at radius 2 is 2.12 bits per heavy atom. The molecule has 0 aliphatic heterocycles. The lowest BCUT2D eigenvalue weighted by molar-refractivity contribution is -0.137. The highest BCUT2D eigenvalue weighted by atomic mass is 19.4. The first-order valence-electron chi connectivity index (χ1n) is 5.67. The minimum Gasteiger partial charge on any atom is -0.391 e. The molecule has 0 spiro atoms. The van der Waals surface area contributed by atoms with Gasteiger partial charge in [-0.05, 0) is 25.2 Å². The van der Waals surface area contributed by atoms with Crippen LogP contribution in [-0.4, -0.2) is 21.0 Å². The molecule has 1 aliphatic rings. The topological polar surface area (TPSA) is 38.0 Å². The Balaban J connectivity index is 2.19. The van der Waals surface area contributed by atoms with Gasteiger partial charge in [0.05, 0.1) is 23.9 Å². The second-order valence-electron chi connectivity index (χ2n) is 4.76. The number of hydrogen-bond donors (Lipinski definition) is 1. The normalized spacial score (nSPS) is 30.5. The zero-order valence-electron chi connectivity index (χ0n) is 9.48. The number of halogens is 3. The van der Waals surface area contributed by atoms with Crippen LogP contribution in [0.2, 0.25) is 0 Å². The Bertz CT molecular complexity index is 388. The highest BCUT2D eigenvalue weighted by molar-refractivity contribution is 5.09. The van der Waals surface area contributed by atoms with Crippen LogP contribution in [0, 0.1) is 5.92 Å². The summed E-state index contributed by atoms with van der Waals surface area (Å²) in [6, 6.07) is -0.338. The minimum atomic E-state index is -4.37. The average Bonchev–Trinajstić information content (AvgIpc) is 2.70. The Morgan fingerprint density at radius 1 is 1.41 bits per heavy atom. The highest BCUT2D eigenvalue weighted by Gasteiger charge is 2.35. The minimum absolute atomic E-state index is 0.338. The molecule has 3 nitrogen and oxygen atoms in total. The maximum absolute atomic E-state index is 12.4. The summed E-state index contributed by atoms with van der Waals surface area (Å²) in [5, 5.41) is 13.5. The summed E-state index contributed by atoms with van der Waals surface area (Å²) in [7, 11) is 0. The first kappa shape index (κ1) is 12.4. The lowest BCUT2D eigenvalue weighted by Gasteiger charge is -2.31. The SMILES string of the molecule is CC1CCC(O)C(n2cc(C(F)(F)F)cn2)C1. The summed E-state index contributed by atoms with van der Waals surface area (Å²) < 4.78 is 38.5. The van der Waals surface area contributed by atoms with Crippen LogP contribution in [0.25, 0.3) is 0 Å². The Hall–Kier alpha value is -1.04. The van der Waals surface area contributed by atoms with Crippen LogP contribution in [0.5, 0.6) is 0 Å². The van der Waals surface area contributed by atoms with Crippen LogP contribution in [0.3, 0.4) is 0 Å². The molecule has 3 atom stereocenters. The lowest BCUT2D eigenvalue weighted by atomic mass is 9.85. The van der Waals surface area contributed by atoms with Crippen LogP contribution in [-0.2, 0) is 6.18 Å². The van der Waals surface area contributed by atoms with Gasteiger partial charge in [-0.3, -0.25) is 4.68 Å². The second-order valence-corrected chi connectivity index (χ2v) is 4.76. The third-order valence-corrected chi connectivity index (χ3v) is 3.31. The van der Waals surface area contributed by atoms with Crippen molar-refractivity contribution in [2.45, 2.75) is 44.5 Å². The van der Waals surface area contributed by atoms with Crippen molar-refractivity contribution < 1.29 is 18.3 Å². The number of alkyl halides is 3. The first-order valence-corrected chi connectivity index (χ1v) is 5.67. The Morgan fingerprint density at radius 3 is 2.71 bits per heavy atom. The quantitative estimate of drug-likeness (QED) is 0.829. The van der Waals surface area contributed by atoms with E-state index in [4.69, 9.17) is 0 Å². The van der Waals surface area contributed by atoms with E-state index in [9.17, 15) is 18.3 Å². The van der Waals surface area contributed by atoms with Gasteiger partial charge in [-0.25, -0.2) is 0 Å². The molecule has 1 aliphatic carbocycles. The third-order valence-electron chi connectivity index (χ3n) is 3.31. The fourth-order valence-corrected chi connectivity index (χ4v) is 2.28. The van der Waals surface area contributed by atoms with Crippen molar-refractivity contribution in [1.82, 2.24) is 9.78 Å². The molecule has 0 aromatic carbocycles. The van der Waals surface area contributed by atoms with Crippen molar-refractivity contribution in [2.75, 3.05) is 0 Å². The lowest BCUT2D eigenvalue weighted by Crippen LogP contribution is -2.31. The molecule has 2 rings (SSSR count). The predicted octanol–water partition coefficient (Wildman–Crippen LogP) is 2.62. The number of aliphatic hydroxyl groups is 1. The van der Waals surface area contributed by atoms with E-state index in [0.29, 0.717) is 18.8 Å². The molecule has 0 bridgehead atoms. The smallest absolute Gasteiger partial charge is 0.391 e. The van der Waals surface area contributed by atoms with Gasteiger partial charge in [0.1, 0.15) is 0 Å². The molecule has 0 radical (unpaired) electrons. The molecular formula is C11H15F3N2O. The fourth-order valence-electron chi connectivity index (χ4n) is 2.28.